The van der Waals surface area contributed by atoms with E-state index in [1.165, 1.54) is 6.92 Å². The highest BCUT2D eigenvalue weighted by atomic mass is 16.6. The molecule has 174 valence electrons. The van der Waals surface area contributed by atoms with E-state index in [1.54, 1.807) is 20.8 Å². The van der Waals surface area contributed by atoms with Crippen LogP contribution in [-0.2, 0) is 28.4 Å². The summed E-state index contributed by atoms with van der Waals surface area (Å²) in [5.74, 6) is 0.774. The van der Waals surface area contributed by atoms with Crippen LogP contribution in [0.4, 0.5) is 4.79 Å². The van der Waals surface area contributed by atoms with Crippen molar-refractivity contribution in [1.82, 2.24) is 20.2 Å². The fraction of sp³-hybridized carbons (Fsp3) is 0.480. The Balaban J connectivity index is 2.20. The van der Waals surface area contributed by atoms with Gasteiger partial charge < -0.3 is 19.9 Å². The van der Waals surface area contributed by atoms with Gasteiger partial charge in [0.1, 0.15) is 11.4 Å². The van der Waals surface area contributed by atoms with Crippen molar-refractivity contribution >= 4 is 12.0 Å². The van der Waals surface area contributed by atoms with Gasteiger partial charge in [-0.15, -0.1) is 0 Å². The Kier molecular flexibility index (Phi) is 7.54. The Bertz CT molecular complexity index is 976. The Morgan fingerprint density at radius 2 is 1.72 bits per heavy atom. The summed E-state index contributed by atoms with van der Waals surface area (Å²) in [7, 11) is 2.01. The molecule has 32 heavy (non-hydrogen) atoms. The zero-order chi connectivity index (χ0) is 24.3. The smallest absolute Gasteiger partial charge is 0.408 e. The van der Waals surface area contributed by atoms with Crippen molar-refractivity contribution in [2.45, 2.75) is 71.9 Å². The van der Waals surface area contributed by atoms with Crippen LogP contribution < -0.4 is 10.6 Å². The maximum atomic E-state index is 12.3. The summed E-state index contributed by atoms with van der Waals surface area (Å²) in [6, 6.07) is 7.49. The highest BCUT2D eigenvalue weighted by molar-refractivity contribution is 5.75. The second kappa shape index (κ2) is 9.59. The molecule has 0 saturated heterocycles. The first-order valence-electron chi connectivity index (χ1n) is 10.7. The van der Waals surface area contributed by atoms with E-state index in [0.29, 0.717) is 12.1 Å². The van der Waals surface area contributed by atoms with Crippen LogP contribution in [0.15, 0.2) is 42.7 Å². The Labute approximate surface area is 191 Å². The number of alkyl carbamates (subject to hydrolysis) is 1. The standard InChI is InChI=1S/C25H36N4O3/c1-16(26-17(2)30)20(28-23(31)32-25(6,7)8)14-18-10-12-19(13-11-18)21-15-29(9)22(27-21)24(3,4)5/h10-13,15,20H,1,14H2,2-9H3,(H,26,30)(H,28,31)/t20-/m0/s1. The first kappa shape index (κ1) is 25.2. The number of imidazole rings is 1. The fourth-order valence-corrected chi connectivity index (χ4v) is 3.37. The van der Waals surface area contributed by atoms with Crippen LogP contribution in [0.25, 0.3) is 11.3 Å². The van der Waals surface area contributed by atoms with Crippen molar-refractivity contribution in [2.75, 3.05) is 0 Å². The molecule has 0 fully saturated rings. The van der Waals surface area contributed by atoms with Crippen LogP contribution in [0, 0.1) is 0 Å². The molecule has 2 rings (SSSR count). The van der Waals surface area contributed by atoms with Gasteiger partial charge in [0, 0.05) is 36.8 Å². The van der Waals surface area contributed by atoms with E-state index in [9.17, 15) is 9.59 Å². The molecule has 1 aromatic heterocycles. The van der Waals surface area contributed by atoms with Gasteiger partial charge in [0.15, 0.2) is 0 Å². The Morgan fingerprint density at radius 1 is 1.12 bits per heavy atom. The molecule has 2 N–H and O–H groups in total. The van der Waals surface area contributed by atoms with Gasteiger partial charge in [0.25, 0.3) is 0 Å². The molecule has 0 aliphatic carbocycles. The van der Waals surface area contributed by atoms with Gasteiger partial charge >= 0.3 is 6.09 Å². The highest BCUT2D eigenvalue weighted by Gasteiger charge is 2.23. The number of amides is 2. The Hall–Kier alpha value is -3.09. The number of rotatable bonds is 6. The summed E-state index contributed by atoms with van der Waals surface area (Å²) in [6.07, 6.45) is 1.92. The van der Waals surface area contributed by atoms with Crippen molar-refractivity contribution in [3.8, 4) is 11.3 Å². The molecule has 0 aliphatic heterocycles. The van der Waals surface area contributed by atoms with Crippen LogP contribution in [0.3, 0.4) is 0 Å². The maximum absolute atomic E-state index is 12.3. The fourth-order valence-electron chi connectivity index (χ4n) is 3.37. The molecule has 0 radical (unpaired) electrons. The maximum Gasteiger partial charge on any atom is 0.408 e. The highest BCUT2D eigenvalue weighted by Crippen LogP contribution is 2.26. The number of aryl methyl sites for hydroxylation is 1. The second-order valence-electron chi connectivity index (χ2n) is 10.1. The minimum Gasteiger partial charge on any atom is -0.444 e. The van der Waals surface area contributed by atoms with Gasteiger partial charge in [-0.05, 0) is 32.8 Å². The Morgan fingerprint density at radius 3 is 2.19 bits per heavy atom. The largest absolute Gasteiger partial charge is 0.444 e. The van der Waals surface area contributed by atoms with Gasteiger partial charge in [-0.2, -0.15) is 0 Å². The number of nitrogens with zero attached hydrogens (tertiary/aromatic N) is 2. The third kappa shape index (κ3) is 7.25. The number of ether oxygens (including phenoxy) is 1. The predicted octanol–water partition coefficient (Wildman–Crippen LogP) is 4.47. The van der Waals surface area contributed by atoms with Crippen LogP contribution in [0.2, 0.25) is 0 Å². The zero-order valence-corrected chi connectivity index (χ0v) is 20.5. The van der Waals surface area contributed by atoms with Gasteiger partial charge in [0.2, 0.25) is 5.91 Å². The van der Waals surface area contributed by atoms with Crippen LogP contribution >= 0.6 is 0 Å². The van der Waals surface area contributed by atoms with Gasteiger partial charge in [0.05, 0.1) is 11.7 Å². The lowest BCUT2D eigenvalue weighted by atomic mass is 9.96. The summed E-state index contributed by atoms with van der Waals surface area (Å²) < 4.78 is 7.42. The van der Waals surface area contributed by atoms with Crippen molar-refractivity contribution in [2.24, 2.45) is 7.05 Å². The van der Waals surface area contributed by atoms with Gasteiger partial charge in [-0.1, -0.05) is 51.6 Å². The molecule has 1 atom stereocenters. The van der Waals surface area contributed by atoms with E-state index in [2.05, 4.69) is 42.6 Å². The molecule has 0 bridgehead atoms. The SMILES string of the molecule is C=C(NC(C)=O)[C@H](Cc1ccc(-c2cn(C)c(C(C)(C)C)n2)cc1)NC(=O)OC(C)(C)C. The average molecular weight is 441 g/mol. The topological polar surface area (TPSA) is 85.3 Å². The van der Waals surface area contributed by atoms with Crippen LogP contribution in [0.1, 0.15) is 59.9 Å². The van der Waals surface area contributed by atoms with Gasteiger partial charge in [-0.3, -0.25) is 4.79 Å². The average Bonchev–Trinajstić information content (AvgIpc) is 3.01. The summed E-state index contributed by atoms with van der Waals surface area (Å²) in [6.45, 7) is 17.1. The molecule has 7 nitrogen and oxygen atoms in total. The number of aromatic nitrogens is 2. The summed E-state index contributed by atoms with van der Waals surface area (Å²) in [4.78, 5) is 28.6. The van der Waals surface area contributed by atoms with Crippen molar-refractivity contribution in [3.63, 3.8) is 0 Å². The lowest BCUT2D eigenvalue weighted by Crippen LogP contribution is -2.44. The monoisotopic (exact) mass is 440 g/mol. The van der Waals surface area contributed by atoms with E-state index in [4.69, 9.17) is 9.72 Å². The molecule has 0 saturated carbocycles. The number of carbonyl (C=O) groups is 2. The van der Waals surface area contributed by atoms with E-state index < -0.39 is 17.7 Å². The van der Waals surface area contributed by atoms with Crippen molar-refractivity contribution < 1.29 is 14.3 Å². The van der Waals surface area contributed by atoms with Crippen LogP contribution in [-0.4, -0.2) is 33.2 Å². The number of carbonyl (C=O) groups excluding carboxylic acids is 2. The molecule has 2 amide bonds. The first-order chi connectivity index (χ1) is 14.7. The number of hydrogen-bond donors (Lipinski definition) is 2. The predicted molar refractivity (Wildman–Crippen MR) is 127 cm³/mol. The van der Waals surface area contributed by atoms with E-state index in [1.807, 2.05) is 37.5 Å². The van der Waals surface area contributed by atoms with Gasteiger partial charge in [-0.25, -0.2) is 9.78 Å². The molecule has 1 aromatic carbocycles. The normalized spacial score (nSPS) is 12.8. The summed E-state index contributed by atoms with van der Waals surface area (Å²) in [5, 5.41) is 5.48. The first-order valence-corrected chi connectivity index (χ1v) is 10.7. The molecule has 0 spiro atoms. The zero-order valence-electron chi connectivity index (χ0n) is 20.5. The quantitative estimate of drug-likeness (QED) is 0.694. The summed E-state index contributed by atoms with van der Waals surface area (Å²) >= 11 is 0. The third-order valence-electron chi connectivity index (χ3n) is 4.68. The van der Waals surface area contributed by atoms with E-state index in [0.717, 1.165) is 22.6 Å². The number of nitrogens with one attached hydrogen (secondary N) is 2. The molecular weight excluding hydrogens is 404 g/mol. The van der Waals surface area contributed by atoms with Crippen molar-refractivity contribution in [1.29, 1.82) is 0 Å². The van der Waals surface area contributed by atoms with E-state index in [-0.39, 0.29) is 11.3 Å². The number of benzene rings is 1. The van der Waals surface area contributed by atoms with E-state index >= 15 is 0 Å². The van der Waals surface area contributed by atoms with Crippen molar-refractivity contribution in [3.05, 3.63) is 54.1 Å². The molecule has 0 unspecified atom stereocenters. The molecule has 7 heteroatoms. The lowest BCUT2D eigenvalue weighted by Gasteiger charge is -2.25. The minimum atomic E-state index is -0.625. The molecule has 2 aromatic rings. The summed E-state index contributed by atoms with van der Waals surface area (Å²) in [5.41, 5.74) is 2.64. The molecule has 1 heterocycles. The third-order valence-corrected chi connectivity index (χ3v) is 4.68. The molecular formula is C25H36N4O3. The van der Waals surface area contributed by atoms with Crippen LogP contribution in [0.5, 0.6) is 0 Å². The lowest BCUT2D eigenvalue weighted by molar-refractivity contribution is -0.118. The molecule has 0 aliphatic rings. The second-order valence-corrected chi connectivity index (χ2v) is 10.1. The minimum absolute atomic E-state index is 0.0441. The number of hydrogen-bond acceptors (Lipinski definition) is 4.